The van der Waals surface area contributed by atoms with E-state index >= 15 is 0 Å². The fourth-order valence-corrected chi connectivity index (χ4v) is 4.68. The fraction of sp³-hybridized carbons (Fsp3) is 0.182. The van der Waals surface area contributed by atoms with Crippen LogP contribution in [0.3, 0.4) is 0 Å². The highest BCUT2D eigenvalue weighted by atomic mass is 32.1. The third kappa shape index (κ3) is 3.68. The molecular formula is C22H19FN2O2S. The minimum absolute atomic E-state index is 0.103. The molecule has 0 unspecified atom stereocenters. The van der Waals surface area contributed by atoms with Gasteiger partial charge in [-0.25, -0.2) is 4.39 Å². The van der Waals surface area contributed by atoms with E-state index in [0.717, 1.165) is 17.7 Å². The molecule has 2 aromatic carbocycles. The van der Waals surface area contributed by atoms with Gasteiger partial charge in [0.2, 0.25) is 5.91 Å². The van der Waals surface area contributed by atoms with Gasteiger partial charge in [0.25, 0.3) is 5.91 Å². The first-order valence-electron chi connectivity index (χ1n) is 9.03. The Kier molecular flexibility index (Phi) is 4.96. The van der Waals surface area contributed by atoms with Gasteiger partial charge in [-0.1, -0.05) is 30.3 Å². The van der Waals surface area contributed by atoms with Gasteiger partial charge in [0.05, 0.1) is 11.4 Å². The molecule has 28 heavy (non-hydrogen) atoms. The Morgan fingerprint density at radius 1 is 1.07 bits per heavy atom. The van der Waals surface area contributed by atoms with Crippen molar-refractivity contribution >= 4 is 28.8 Å². The summed E-state index contributed by atoms with van der Waals surface area (Å²) in [7, 11) is 1.60. The van der Waals surface area contributed by atoms with Gasteiger partial charge in [-0.2, -0.15) is 0 Å². The number of carbonyl (C=O) groups excluding carboxylic acids is 2. The third-order valence-corrected chi connectivity index (χ3v) is 5.98. The number of rotatable bonds is 4. The number of anilines is 1. The second kappa shape index (κ2) is 7.56. The standard InChI is InChI=1S/C22H19FN2O2S/c1-25(13-20(26)24-17-7-4-6-16(23)12-17)22(27)19-11-15-10-9-14-5-2-3-8-18(14)21(15)28-19/h2-8,11-12H,9-10,13H2,1H3,(H,24,26). The molecule has 0 radical (unpaired) electrons. The van der Waals surface area contributed by atoms with Crippen molar-refractivity contribution in [1.29, 1.82) is 0 Å². The van der Waals surface area contributed by atoms with Gasteiger partial charge in [0.1, 0.15) is 5.82 Å². The first kappa shape index (κ1) is 18.4. The predicted molar refractivity (Wildman–Crippen MR) is 109 cm³/mol. The minimum Gasteiger partial charge on any atom is -0.332 e. The molecule has 0 spiro atoms. The van der Waals surface area contributed by atoms with Gasteiger partial charge in [-0.3, -0.25) is 9.59 Å². The molecule has 0 saturated heterocycles. The maximum absolute atomic E-state index is 13.2. The van der Waals surface area contributed by atoms with Crippen LogP contribution in [-0.2, 0) is 17.6 Å². The van der Waals surface area contributed by atoms with Crippen molar-refractivity contribution in [2.45, 2.75) is 12.8 Å². The second-order valence-corrected chi connectivity index (χ2v) is 7.89. The first-order valence-corrected chi connectivity index (χ1v) is 9.85. The maximum Gasteiger partial charge on any atom is 0.264 e. The van der Waals surface area contributed by atoms with Crippen molar-refractivity contribution < 1.29 is 14.0 Å². The van der Waals surface area contributed by atoms with Crippen LogP contribution < -0.4 is 5.32 Å². The highest BCUT2D eigenvalue weighted by Gasteiger charge is 2.23. The van der Waals surface area contributed by atoms with Crippen molar-refractivity contribution in [2.24, 2.45) is 0 Å². The predicted octanol–water partition coefficient (Wildman–Crippen LogP) is 4.36. The Hall–Kier alpha value is -2.99. The minimum atomic E-state index is -0.424. The van der Waals surface area contributed by atoms with Crippen molar-refractivity contribution in [2.75, 3.05) is 18.9 Å². The number of carbonyl (C=O) groups is 2. The highest BCUT2D eigenvalue weighted by molar-refractivity contribution is 7.17. The Labute approximate surface area is 166 Å². The van der Waals surface area contributed by atoms with E-state index in [9.17, 15) is 14.0 Å². The van der Waals surface area contributed by atoms with Gasteiger partial charge >= 0.3 is 0 Å². The lowest BCUT2D eigenvalue weighted by Gasteiger charge is -2.16. The largest absolute Gasteiger partial charge is 0.332 e. The number of hydrogen-bond donors (Lipinski definition) is 1. The summed E-state index contributed by atoms with van der Waals surface area (Å²) in [4.78, 5) is 28.2. The molecule has 1 aromatic heterocycles. The number of benzene rings is 2. The molecule has 0 saturated carbocycles. The quantitative estimate of drug-likeness (QED) is 0.715. The van der Waals surface area contributed by atoms with Gasteiger partial charge in [0, 0.05) is 17.6 Å². The van der Waals surface area contributed by atoms with Crippen LogP contribution >= 0.6 is 11.3 Å². The fourth-order valence-electron chi connectivity index (χ4n) is 3.42. The average Bonchev–Trinajstić information content (AvgIpc) is 3.12. The highest BCUT2D eigenvalue weighted by Crippen LogP contribution is 2.39. The zero-order valence-corrected chi connectivity index (χ0v) is 16.2. The molecular weight excluding hydrogens is 375 g/mol. The Balaban J connectivity index is 1.46. The van der Waals surface area contributed by atoms with Crippen LogP contribution in [0.4, 0.5) is 10.1 Å². The van der Waals surface area contributed by atoms with Crippen molar-refractivity contribution in [3.05, 3.63) is 76.4 Å². The Morgan fingerprint density at radius 3 is 2.68 bits per heavy atom. The molecule has 0 atom stereocenters. The van der Waals surface area contributed by atoms with Gasteiger partial charge in [-0.15, -0.1) is 11.3 Å². The van der Waals surface area contributed by atoms with Gasteiger partial charge < -0.3 is 10.2 Å². The van der Waals surface area contributed by atoms with Crippen LogP contribution in [0.15, 0.2) is 54.6 Å². The first-order chi connectivity index (χ1) is 13.5. The normalized spacial score (nSPS) is 12.1. The number of nitrogens with one attached hydrogen (secondary N) is 1. The smallest absolute Gasteiger partial charge is 0.264 e. The molecule has 1 heterocycles. The number of thiophene rings is 1. The summed E-state index contributed by atoms with van der Waals surface area (Å²) in [5.74, 6) is -0.980. The van der Waals surface area contributed by atoms with Crippen molar-refractivity contribution in [3.63, 3.8) is 0 Å². The summed E-state index contributed by atoms with van der Waals surface area (Å²) < 4.78 is 13.2. The summed E-state index contributed by atoms with van der Waals surface area (Å²) in [6.45, 7) is -0.103. The van der Waals surface area contributed by atoms with E-state index < -0.39 is 5.82 Å². The number of hydrogen-bond acceptors (Lipinski definition) is 3. The Bertz CT molecular complexity index is 1060. The lowest BCUT2D eigenvalue weighted by molar-refractivity contribution is -0.116. The summed E-state index contributed by atoms with van der Waals surface area (Å²) >= 11 is 1.47. The van der Waals surface area contributed by atoms with E-state index in [0.29, 0.717) is 10.6 Å². The lowest BCUT2D eigenvalue weighted by Crippen LogP contribution is -2.34. The zero-order valence-electron chi connectivity index (χ0n) is 15.4. The Morgan fingerprint density at radius 2 is 1.86 bits per heavy atom. The molecule has 1 N–H and O–H groups in total. The number of amides is 2. The molecule has 3 aromatic rings. The van der Waals surface area contributed by atoms with E-state index in [2.05, 4.69) is 17.4 Å². The van der Waals surface area contributed by atoms with E-state index in [1.54, 1.807) is 13.1 Å². The van der Waals surface area contributed by atoms with Crippen molar-refractivity contribution in [3.8, 4) is 10.4 Å². The monoisotopic (exact) mass is 394 g/mol. The van der Waals surface area contributed by atoms with Crippen LogP contribution in [0, 0.1) is 5.82 Å². The molecule has 1 aliphatic rings. The molecule has 2 amide bonds. The van der Waals surface area contributed by atoms with E-state index in [1.807, 2.05) is 18.2 Å². The van der Waals surface area contributed by atoms with Crippen molar-refractivity contribution in [1.82, 2.24) is 4.90 Å². The maximum atomic E-state index is 13.2. The van der Waals surface area contributed by atoms with E-state index in [4.69, 9.17) is 0 Å². The average molecular weight is 394 g/mol. The molecule has 0 aliphatic heterocycles. The van der Waals surface area contributed by atoms with Crippen LogP contribution in [0.1, 0.15) is 20.8 Å². The summed E-state index contributed by atoms with van der Waals surface area (Å²) in [5.41, 5.74) is 4.05. The molecule has 4 rings (SSSR count). The molecule has 6 heteroatoms. The second-order valence-electron chi connectivity index (χ2n) is 6.84. The number of aryl methyl sites for hydroxylation is 2. The zero-order chi connectivity index (χ0) is 19.7. The SMILES string of the molecule is CN(CC(=O)Nc1cccc(F)c1)C(=O)c1cc2c(s1)-c1ccccc1CC2. The number of fused-ring (bicyclic) bond motifs is 3. The number of likely N-dealkylation sites (N-methyl/N-ethyl adjacent to an activating group) is 1. The summed E-state index contributed by atoms with van der Waals surface area (Å²) in [6.07, 6.45) is 1.89. The van der Waals surface area contributed by atoms with Crippen LogP contribution in [0.2, 0.25) is 0 Å². The number of halogens is 1. The molecule has 0 bridgehead atoms. The summed E-state index contributed by atoms with van der Waals surface area (Å²) in [6, 6.07) is 15.9. The lowest BCUT2D eigenvalue weighted by atomic mass is 9.91. The molecule has 4 nitrogen and oxygen atoms in total. The van der Waals surface area contributed by atoms with Crippen LogP contribution in [0.5, 0.6) is 0 Å². The van der Waals surface area contributed by atoms with Crippen LogP contribution in [-0.4, -0.2) is 30.3 Å². The number of nitrogens with zero attached hydrogens (tertiary/aromatic N) is 1. The topological polar surface area (TPSA) is 49.4 Å². The van der Waals surface area contributed by atoms with E-state index in [-0.39, 0.29) is 18.4 Å². The molecule has 0 fully saturated rings. The van der Waals surface area contributed by atoms with Gasteiger partial charge in [-0.05, 0) is 53.8 Å². The van der Waals surface area contributed by atoms with Gasteiger partial charge in [0.15, 0.2) is 0 Å². The third-order valence-electron chi connectivity index (χ3n) is 4.78. The molecule has 142 valence electrons. The summed E-state index contributed by atoms with van der Waals surface area (Å²) in [5, 5.41) is 2.61. The van der Waals surface area contributed by atoms with Crippen LogP contribution in [0.25, 0.3) is 10.4 Å². The van der Waals surface area contributed by atoms with E-state index in [1.165, 1.54) is 51.1 Å². The molecule has 1 aliphatic carbocycles.